The Labute approximate surface area is 105 Å². The Morgan fingerprint density at radius 1 is 1.44 bits per heavy atom. The van der Waals surface area contributed by atoms with Crippen LogP contribution in [0.25, 0.3) is 11.1 Å². The van der Waals surface area contributed by atoms with Gasteiger partial charge in [-0.15, -0.1) is 0 Å². The normalized spacial score (nSPS) is 12.2. The van der Waals surface area contributed by atoms with Crippen molar-refractivity contribution < 1.29 is 9.52 Å². The van der Waals surface area contributed by atoms with Crippen LogP contribution in [0.5, 0.6) is 0 Å². The van der Waals surface area contributed by atoms with E-state index in [0.717, 1.165) is 24.0 Å². The van der Waals surface area contributed by atoms with E-state index >= 15 is 0 Å². The van der Waals surface area contributed by atoms with Crippen LogP contribution in [0, 0.1) is 0 Å². The quantitative estimate of drug-likeness (QED) is 0.740. The highest BCUT2D eigenvalue weighted by molar-refractivity contribution is 5.72. The van der Waals surface area contributed by atoms with Gasteiger partial charge in [0, 0.05) is 5.54 Å². The Hall–Kier alpha value is -1.59. The van der Waals surface area contributed by atoms with E-state index in [-0.39, 0.29) is 12.1 Å². The standard InChI is InChI=1S/C13H18N2O3/c1-13(2,8-16)14-6-5-9-3-4-11-10(7-9)15-12(17)18-11/h3-4,7,14,16H,5-6,8H2,1-2H3,(H,15,17). The van der Waals surface area contributed by atoms with Crippen LogP contribution in [-0.4, -0.2) is 28.8 Å². The zero-order valence-corrected chi connectivity index (χ0v) is 10.6. The Morgan fingerprint density at radius 3 is 2.94 bits per heavy atom. The van der Waals surface area contributed by atoms with E-state index < -0.39 is 5.76 Å². The van der Waals surface area contributed by atoms with Crippen LogP contribution in [0.4, 0.5) is 0 Å². The van der Waals surface area contributed by atoms with Gasteiger partial charge >= 0.3 is 5.76 Å². The largest absolute Gasteiger partial charge is 0.417 e. The molecule has 5 nitrogen and oxygen atoms in total. The maximum absolute atomic E-state index is 11.0. The molecule has 1 heterocycles. The lowest BCUT2D eigenvalue weighted by Gasteiger charge is -2.23. The molecule has 2 rings (SSSR count). The predicted octanol–water partition coefficient (Wildman–Crippen LogP) is 1.02. The summed E-state index contributed by atoms with van der Waals surface area (Å²) in [5.41, 5.74) is 2.14. The molecule has 0 fully saturated rings. The summed E-state index contributed by atoms with van der Waals surface area (Å²) in [6, 6.07) is 5.64. The van der Waals surface area contributed by atoms with Crippen molar-refractivity contribution in [1.29, 1.82) is 0 Å². The molecule has 2 aromatic rings. The number of aliphatic hydroxyl groups excluding tert-OH is 1. The number of fused-ring (bicyclic) bond motifs is 1. The molecule has 0 amide bonds. The third-order valence-corrected chi connectivity index (χ3v) is 2.90. The Bertz CT molecular complexity index is 583. The molecule has 0 aliphatic heterocycles. The topological polar surface area (TPSA) is 78.3 Å². The molecular formula is C13H18N2O3. The van der Waals surface area contributed by atoms with Crippen LogP contribution in [0.15, 0.2) is 27.4 Å². The van der Waals surface area contributed by atoms with Crippen LogP contribution in [-0.2, 0) is 6.42 Å². The van der Waals surface area contributed by atoms with E-state index in [1.54, 1.807) is 6.07 Å². The van der Waals surface area contributed by atoms with Crippen molar-refractivity contribution in [2.75, 3.05) is 13.2 Å². The van der Waals surface area contributed by atoms with Gasteiger partial charge in [-0.25, -0.2) is 4.79 Å². The number of hydrogen-bond acceptors (Lipinski definition) is 4. The molecule has 0 radical (unpaired) electrons. The number of aromatic nitrogens is 1. The third-order valence-electron chi connectivity index (χ3n) is 2.90. The van der Waals surface area contributed by atoms with Gasteiger partial charge in [0.15, 0.2) is 5.58 Å². The lowest BCUT2D eigenvalue weighted by atomic mass is 10.1. The van der Waals surface area contributed by atoms with E-state index in [1.807, 2.05) is 26.0 Å². The SMILES string of the molecule is CC(C)(CO)NCCc1ccc2oc(=O)[nH]c2c1. The molecule has 0 saturated heterocycles. The first-order valence-corrected chi connectivity index (χ1v) is 5.98. The van der Waals surface area contributed by atoms with Gasteiger partial charge in [-0.05, 0) is 44.5 Å². The second-order valence-corrected chi connectivity index (χ2v) is 5.06. The molecule has 3 N–H and O–H groups in total. The molecule has 5 heteroatoms. The number of aromatic amines is 1. The fourth-order valence-electron chi connectivity index (χ4n) is 1.76. The second kappa shape index (κ2) is 4.96. The smallest absolute Gasteiger partial charge is 0.408 e. The maximum Gasteiger partial charge on any atom is 0.417 e. The van der Waals surface area contributed by atoms with Gasteiger partial charge in [-0.2, -0.15) is 0 Å². The second-order valence-electron chi connectivity index (χ2n) is 5.06. The molecule has 0 saturated carbocycles. The molecule has 0 atom stereocenters. The van der Waals surface area contributed by atoms with E-state index in [9.17, 15) is 4.79 Å². The summed E-state index contributed by atoms with van der Waals surface area (Å²) in [6.45, 7) is 4.76. The molecule has 18 heavy (non-hydrogen) atoms. The van der Waals surface area contributed by atoms with E-state index in [1.165, 1.54) is 0 Å². The molecule has 0 unspecified atom stereocenters. The van der Waals surface area contributed by atoms with Crippen molar-refractivity contribution >= 4 is 11.1 Å². The number of hydrogen-bond donors (Lipinski definition) is 3. The molecule has 98 valence electrons. The lowest BCUT2D eigenvalue weighted by Crippen LogP contribution is -2.43. The number of nitrogens with one attached hydrogen (secondary N) is 2. The van der Waals surface area contributed by atoms with Crippen LogP contribution in [0.3, 0.4) is 0 Å². The van der Waals surface area contributed by atoms with Crippen molar-refractivity contribution in [3.8, 4) is 0 Å². The van der Waals surface area contributed by atoms with E-state index in [4.69, 9.17) is 9.52 Å². The molecule has 0 spiro atoms. The zero-order chi connectivity index (χ0) is 13.2. The minimum Gasteiger partial charge on any atom is -0.408 e. The number of H-pyrrole nitrogens is 1. The third kappa shape index (κ3) is 3.00. The number of aliphatic hydroxyl groups is 1. The fraction of sp³-hybridized carbons (Fsp3) is 0.462. The highest BCUT2D eigenvalue weighted by atomic mass is 16.4. The summed E-state index contributed by atoms with van der Waals surface area (Å²) < 4.78 is 4.94. The van der Waals surface area contributed by atoms with Crippen LogP contribution in [0.2, 0.25) is 0 Å². The van der Waals surface area contributed by atoms with Gasteiger partial charge < -0.3 is 14.8 Å². The summed E-state index contributed by atoms with van der Waals surface area (Å²) in [7, 11) is 0. The Kier molecular flexibility index (Phi) is 3.54. The Balaban J connectivity index is 2.01. The zero-order valence-electron chi connectivity index (χ0n) is 10.6. The van der Waals surface area contributed by atoms with Crippen molar-refractivity contribution in [2.45, 2.75) is 25.8 Å². The maximum atomic E-state index is 11.0. The van der Waals surface area contributed by atoms with Crippen LogP contribution in [0.1, 0.15) is 19.4 Å². The highest BCUT2D eigenvalue weighted by Crippen LogP contribution is 2.12. The lowest BCUT2D eigenvalue weighted by molar-refractivity contribution is 0.189. The van der Waals surface area contributed by atoms with Crippen molar-refractivity contribution in [2.24, 2.45) is 0 Å². The first-order valence-electron chi connectivity index (χ1n) is 5.98. The molecule has 1 aromatic heterocycles. The molecule has 0 bridgehead atoms. The number of oxazole rings is 1. The van der Waals surface area contributed by atoms with Gasteiger partial charge in [-0.3, -0.25) is 4.98 Å². The highest BCUT2D eigenvalue weighted by Gasteiger charge is 2.14. The van der Waals surface area contributed by atoms with Crippen molar-refractivity contribution in [1.82, 2.24) is 10.3 Å². The van der Waals surface area contributed by atoms with Crippen molar-refractivity contribution in [3.63, 3.8) is 0 Å². The molecule has 1 aromatic carbocycles. The Morgan fingerprint density at radius 2 is 2.22 bits per heavy atom. The van der Waals surface area contributed by atoms with Crippen molar-refractivity contribution in [3.05, 3.63) is 34.3 Å². The fourth-order valence-corrected chi connectivity index (χ4v) is 1.76. The van der Waals surface area contributed by atoms with Gasteiger partial charge in [0.05, 0.1) is 12.1 Å². The first kappa shape index (κ1) is 12.9. The first-order chi connectivity index (χ1) is 8.50. The van der Waals surface area contributed by atoms with Gasteiger partial charge in [0.25, 0.3) is 0 Å². The molecular weight excluding hydrogens is 232 g/mol. The monoisotopic (exact) mass is 250 g/mol. The predicted molar refractivity (Wildman–Crippen MR) is 69.7 cm³/mol. The van der Waals surface area contributed by atoms with Crippen LogP contribution >= 0.6 is 0 Å². The van der Waals surface area contributed by atoms with Crippen LogP contribution < -0.4 is 11.1 Å². The summed E-state index contributed by atoms with van der Waals surface area (Å²) in [5.74, 6) is -0.429. The number of benzene rings is 1. The summed E-state index contributed by atoms with van der Waals surface area (Å²) in [6.07, 6.45) is 0.826. The minimum atomic E-state index is -0.429. The van der Waals surface area contributed by atoms with Gasteiger partial charge in [0.1, 0.15) is 0 Å². The summed E-state index contributed by atoms with van der Waals surface area (Å²) in [4.78, 5) is 13.7. The van der Waals surface area contributed by atoms with E-state index in [2.05, 4.69) is 10.3 Å². The number of rotatable bonds is 5. The minimum absolute atomic E-state index is 0.0983. The average Bonchev–Trinajstić information content (AvgIpc) is 2.68. The summed E-state index contributed by atoms with van der Waals surface area (Å²) in [5, 5.41) is 12.4. The molecule has 0 aliphatic carbocycles. The average molecular weight is 250 g/mol. The van der Waals surface area contributed by atoms with Gasteiger partial charge in [0.2, 0.25) is 0 Å². The van der Waals surface area contributed by atoms with Gasteiger partial charge in [-0.1, -0.05) is 6.07 Å². The molecule has 0 aliphatic rings. The van der Waals surface area contributed by atoms with E-state index in [0.29, 0.717) is 5.58 Å². The summed E-state index contributed by atoms with van der Waals surface area (Å²) >= 11 is 0.